The fourth-order valence-corrected chi connectivity index (χ4v) is 4.17. The number of aryl methyl sites for hydroxylation is 3. The van der Waals surface area contributed by atoms with Crippen molar-refractivity contribution < 1.29 is 9.59 Å². The molecule has 0 bridgehead atoms. The Kier molecular flexibility index (Phi) is 4.20. The highest BCUT2D eigenvalue weighted by atomic mass is 32.1. The average molecular weight is 365 g/mol. The van der Waals surface area contributed by atoms with Crippen LogP contribution in [0.5, 0.6) is 0 Å². The van der Waals surface area contributed by atoms with Crippen molar-refractivity contribution >= 4 is 44.2 Å². The first kappa shape index (κ1) is 16.7. The van der Waals surface area contributed by atoms with Crippen LogP contribution in [0.1, 0.15) is 23.1 Å². The van der Waals surface area contributed by atoms with Gasteiger partial charge in [0.25, 0.3) is 0 Å². The molecule has 0 atom stereocenters. The third kappa shape index (κ3) is 3.08. The third-order valence-electron chi connectivity index (χ3n) is 4.74. The van der Waals surface area contributed by atoms with E-state index >= 15 is 0 Å². The monoisotopic (exact) mass is 365 g/mol. The molecule has 2 aromatic carbocycles. The van der Waals surface area contributed by atoms with E-state index < -0.39 is 0 Å². The lowest BCUT2D eigenvalue weighted by Gasteiger charge is -2.28. The fourth-order valence-electron chi connectivity index (χ4n) is 3.21. The van der Waals surface area contributed by atoms with Gasteiger partial charge in [0, 0.05) is 12.1 Å². The van der Waals surface area contributed by atoms with Crippen molar-refractivity contribution in [3.05, 3.63) is 53.1 Å². The molecule has 0 fully saturated rings. The van der Waals surface area contributed by atoms with Crippen LogP contribution in [0, 0.1) is 13.8 Å². The lowest BCUT2D eigenvalue weighted by molar-refractivity contribution is -0.121. The van der Waals surface area contributed by atoms with Crippen molar-refractivity contribution in [2.75, 3.05) is 16.8 Å². The number of anilines is 2. The molecule has 0 unspecified atom stereocenters. The van der Waals surface area contributed by atoms with Gasteiger partial charge < -0.3 is 10.2 Å². The first-order chi connectivity index (χ1) is 12.5. The summed E-state index contributed by atoms with van der Waals surface area (Å²) in [7, 11) is 0. The summed E-state index contributed by atoms with van der Waals surface area (Å²) in [6, 6.07) is 11.9. The predicted octanol–water partition coefficient (Wildman–Crippen LogP) is 3.83. The molecule has 0 aliphatic carbocycles. The van der Waals surface area contributed by atoms with Crippen molar-refractivity contribution in [1.82, 2.24) is 4.98 Å². The summed E-state index contributed by atoms with van der Waals surface area (Å²) in [4.78, 5) is 30.9. The molecule has 0 spiro atoms. The number of fused-ring (bicyclic) bond motifs is 2. The van der Waals surface area contributed by atoms with Crippen LogP contribution in [0.25, 0.3) is 10.2 Å². The van der Waals surface area contributed by atoms with Crippen LogP contribution in [-0.4, -0.2) is 23.3 Å². The summed E-state index contributed by atoms with van der Waals surface area (Å²) in [5.41, 5.74) is 5.19. The van der Waals surface area contributed by atoms with Crippen molar-refractivity contribution in [3.8, 4) is 0 Å². The van der Waals surface area contributed by atoms with Gasteiger partial charge in [-0.1, -0.05) is 29.5 Å². The van der Waals surface area contributed by atoms with E-state index in [9.17, 15) is 9.59 Å². The molecule has 2 heterocycles. The Hall–Kier alpha value is -2.73. The normalized spacial score (nSPS) is 13.8. The van der Waals surface area contributed by atoms with Crippen LogP contribution in [0.4, 0.5) is 10.8 Å². The number of amides is 2. The van der Waals surface area contributed by atoms with Crippen molar-refractivity contribution in [1.29, 1.82) is 0 Å². The number of nitrogens with zero attached hydrogens (tertiary/aromatic N) is 2. The number of hydrogen-bond donors (Lipinski definition) is 1. The van der Waals surface area contributed by atoms with Gasteiger partial charge in [-0.15, -0.1) is 0 Å². The number of rotatable bonds is 3. The average Bonchev–Trinajstić information content (AvgIpc) is 2.98. The molecule has 132 valence electrons. The second-order valence-electron chi connectivity index (χ2n) is 6.58. The molecular weight excluding hydrogens is 346 g/mol. The van der Waals surface area contributed by atoms with Gasteiger partial charge in [0.15, 0.2) is 5.13 Å². The Morgan fingerprint density at radius 2 is 1.96 bits per heavy atom. The zero-order valence-corrected chi connectivity index (χ0v) is 15.5. The number of nitrogens with one attached hydrogen (secondary N) is 1. The summed E-state index contributed by atoms with van der Waals surface area (Å²) in [6.07, 6.45) is 1.16. The summed E-state index contributed by atoms with van der Waals surface area (Å²) < 4.78 is 1.04. The molecule has 2 amide bonds. The molecule has 1 aromatic heterocycles. The number of benzene rings is 2. The van der Waals surface area contributed by atoms with Crippen molar-refractivity contribution in [2.45, 2.75) is 26.7 Å². The standard InChI is InChI=1S/C20H19N3O2S/c1-12-9-15-17(10-13(12)2)26-20(21-15)22-18(24)11-23-16-6-4-3-5-14(16)7-8-19(23)25/h3-6,9-10H,7-8,11H2,1-2H3,(H,21,22,24). The number of para-hydroxylation sites is 1. The van der Waals surface area contributed by atoms with Gasteiger partial charge in [0.1, 0.15) is 6.54 Å². The second kappa shape index (κ2) is 6.53. The number of thiazole rings is 1. The van der Waals surface area contributed by atoms with E-state index in [0.717, 1.165) is 27.9 Å². The van der Waals surface area contributed by atoms with Crippen LogP contribution in [0.3, 0.4) is 0 Å². The molecule has 26 heavy (non-hydrogen) atoms. The van der Waals surface area contributed by atoms with Crippen LogP contribution >= 0.6 is 11.3 Å². The molecule has 3 aromatic rings. The summed E-state index contributed by atoms with van der Waals surface area (Å²) in [5.74, 6) is -0.253. The lowest BCUT2D eigenvalue weighted by atomic mass is 10.0. The molecule has 5 nitrogen and oxygen atoms in total. The van der Waals surface area contributed by atoms with Crippen LogP contribution in [0.2, 0.25) is 0 Å². The zero-order chi connectivity index (χ0) is 18.3. The van der Waals surface area contributed by atoms with Gasteiger partial charge in [-0.3, -0.25) is 9.59 Å². The summed E-state index contributed by atoms with van der Waals surface area (Å²) >= 11 is 1.45. The van der Waals surface area contributed by atoms with Gasteiger partial charge in [-0.2, -0.15) is 0 Å². The predicted molar refractivity (Wildman–Crippen MR) is 105 cm³/mol. The second-order valence-corrected chi connectivity index (χ2v) is 7.61. The maximum Gasteiger partial charge on any atom is 0.246 e. The minimum Gasteiger partial charge on any atom is -0.303 e. The molecule has 1 N–H and O–H groups in total. The van der Waals surface area contributed by atoms with E-state index in [1.54, 1.807) is 4.90 Å². The van der Waals surface area contributed by atoms with Crippen LogP contribution in [0.15, 0.2) is 36.4 Å². The van der Waals surface area contributed by atoms with Crippen LogP contribution in [-0.2, 0) is 16.0 Å². The van der Waals surface area contributed by atoms with Gasteiger partial charge in [-0.25, -0.2) is 4.98 Å². The Bertz CT molecular complexity index is 986. The van der Waals surface area contributed by atoms with Crippen molar-refractivity contribution in [3.63, 3.8) is 0 Å². The minimum atomic E-state index is -0.234. The maximum atomic E-state index is 12.5. The van der Waals surface area contributed by atoms with E-state index in [4.69, 9.17) is 0 Å². The quantitative estimate of drug-likeness (QED) is 0.767. The fraction of sp³-hybridized carbons (Fsp3) is 0.250. The minimum absolute atomic E-state index is 0.00380. The maximum absolute atomic E-state index is 12.5. The number of carbonyl (C=O) groups is 2. The highest BCUT2D eigenvalue weighted by molar-refractivity contribution is 7.22. The molecular formula is C20H19N3O2S. The van der Waals surface area contributed by atoms with Gasteiger partial charge in [0.2, 0.25) is 11.8 Å². The van der Waals surface area contributed by atoms with Gasteiger partial charge in [-0.05, 0) is 55.2 Å². The zero-order valence-electron chi connectivity index (χ0n) is 14.7. The first-order valence-electron chi connectivity index (χ1n) is 8.57. The van der Waals surface area contributed by atoms with Crippen LogP contribution < -0.4 is 10.2 Å². The van der Waals surface area contributed by atoms with Gasteiger partial charge in [0.05, 0.1) is 10.2 Å². The number of carbonyl (C=O) groups excluding carboxylic acids is 2. The molecule has 0 saturated heterocycles. The van der Waals surface area contributed by atoms with E-state index in [0.29, 0.717) is 11.6 Å². The summed E-state index contributed by atoms with van der Waals surface area (Å²) in [5, 5.41) is 3.41. The molecule has 1 aliphatic heterocycles. The number of aromatic nitrogens is 1. The topological polar surface area (TPSA) is 62.3 Å². The van der Waals surface area contributed by atoms with E-state index in [1.807, 2.05) is 37.3 Å². The highest BCUT2D eigenvalue weighted by Crippen LogP contribution is 2.29. The Balaban J connectivity index is 1.53. The molecule has 0 radical (unpaired) electrons. The Morgan fingerprint density at radius 1 is 1.19 bits per heavy atom. The van der Waals surface area contributed by atoms with E-state index in [1.165, 1.54) is 22.5 Å². The SMILES string of the molecule is Cc1cc2nc(NC(=O)CN3C(=O)CCc4ccccc43)sc2cc1C. The molecule has 4 rings (SSSR count). The molecule has 1 aliphatic rings. The smallest absolute Gasteiger partial charge is 0.246 e. The summed E-state index contributed by atoms with van der Waals surface area (Å²) in [6.45, 7) is 4.11. The highest BCUT2D eigenvalue weighted by Gasteiger charge is 2.25. The van der Waals surface area contributed by atoms with Gasteiger partial charge >= 0.3 is 0 Å². The Morgan fingerprint density at radius 3 is 2.81 bits per heavy atom. The lowest BCUT2D eigenvalue weighted by Crippen LogP contribution is -2.40. The molecule has 0 saturated carbocycles. The van der Waals surface area contributed by atoms with E-state index in [-0.39, 0.29) is 18.4 Å². The third-order valence-corrected chi connectivity index (χ3v) is 5.68. The number of hydrogen-bond acceptors (Lipinski definition) is 4. The van der Waals surface area contributed by atoms with E-state index in [2.05, 4.69) is 23.3 Å². The van der Waals surface area contributed by atoms with Crippen molar-refractivity contribution in [2.24, 2.45) is 0 Å². The molecule has 6 heteroatoms. The first-order valence-corrected chi connectivity index (χ1v) is 9.39. The Labute approximate surface area is 155 Å². The largest absolute Gasteiger partial charge is 0.303 e.